The Morgan fingerprint density at radius 2 is 1.02 bits per heavy atom. The predicted molar refractivity (Wildman–Crippen MR) is 209 cm³/mol. The van der Waals surface area contributed by atoms with E-state index in [9.17, 15) is 14.4 Å². The third kappa shape index (κ3) is 8.24. The number of fused-ring (bicyclic) bond motifs is 6. The number of benzene rings is 5. The van der Waals surface area contributed by atoms with Crippen molar-refractivity contribution in [3.8, 4) is 22.3 Å². The normalized spacial score (nSPS) is 14.2. The van der Waals surface area contributed by atoms with Crippen LogP contribution in [0.4, 0.5) is 4.79 Å². The Morgan fingerprint density at radius 1 is 0.574 bits per heavy atom. The summed E-state index contributed by atoms with van der Waals surface area (Å²) in [4.78, 5) is 40.5. The SMILES string of the molecule is CC(C)(C)OC(=O)[C@H](CCN[C@@H](Cc1ccccc1)C(=O)OCC1c2ccccc2-c2ccccc21)NC(=O)OCC1c2ccccc2-c2ccccc21. The second-order valence-corrected chi connectivity index (χ2v) is 14.9. The van der Waals surface area contributed by atoms with Crippen LogP contribution in [-0.2, 0) is 30.2 Å². The maximum atomic E-state index is 13.8. The molecule has 8 nitrogen and oxygen atoms in total. The molecule has 2 atom stereocenters. The molecule has 5 aromatic rings. The zero-order valence-electron chi connectivity index (χ0n) is 30.9. The Hall–Kier alpha value is -5.73. The molecule has 54 heavy (non-hydrogen) atoms. The fraction of sp³-hybridized carbons (Fsp3) is 0.283. The van der Waals surface area contributed by atoms with Gasteiger partial charge in [0.1, 0.15) is 30.9 Å². The van der Waals surface area contributed by atoms with Crippen LogP contribution in [-0.4, -0.2) is 55.5 Å². The summed E-state index contributed by atoms with van der Waals surface area (Å²) in [6.45, 7) is 5.86. The Kier molecular flexibility index (Phi) is 10.9. The van der Waals surface area contributed by atoms with E-state index in [0.29, 0.717) is 6.42 Å². The van der Waals surface area contributed by atoms with Crippen LogP contribution in [0.2, 0.25) is 0 Å². The van der Waals surface area contributed by atoms with Crippen LogP contribution in [0.1, 0.15) is 66.8 Å². The van der Waals surface area contributed by atoms with Crippen molar-refractivity contribution < 1.29 is 28.6 Å². The van der Waals surface area contributed by atoms with Crippen LogP contribution in [0, 0.1) is 0 Å². The van der Waals surface area contributed by atoms with Gasteiger partial charge in [-0.3, -0.25) is 4.79 Å². The summed E-state index contributed by atoms with van der Waals surface area (Å²) in [6.07, 6.45) is -0.180. The van der Waals surface area contributed by atoms with E-state index >= 15 is 0 Å². The Balaban J connectivity index is 1.01. The van der Waals surface area contributed by atoms with Gasteiger partial charge in [0, 0.05) is 11.8 Å². The van der Waals surface area contributed by atoms with Gasteiger partial charge in [-0.25, -0.2) is 9.59 Å². The van der Waals surface area contributed by atoms with Crippen molar-refractivity contribution in [2.24, 2.45) is 0 Å². The van der Waals surface area contributed by atoms with Gasteiger partial charge in [0.25, 0.3) is 0 Å². The van der Waals surface area contributed by atoms with Gasteiger partial charge >= 0.3 is 18.0 Å². The number of carbonyl (C=O) groups is 3. The second kappa shape index (κ2) is 16.1. The Bertz CT molecular complexity index is 2030. The molecule has 0 bridgehead atoms. The van der Waals surface area contributed by atoms with Crippen LogP contribution in [0.3, 0.4) is 0 Å². The minimum atomic E-state index is -1.02. The molecule has 0 aliphatic heterocycles. The molecule has 0 saturated carbocycles. The van der Waals surface area contributed by atoms with Crippen molar-refractivity contribution in [2.45, 2.75) is 63.1 Å². The Morgan fingerprint density at radius 3 is 1.50 bits per heavy atom. The highest BCUT2D eigenvalue weighted by Crippen LogP contribution is 2.45. The first-order valence-corrected chi connectivity index (χ1v) is 18.6. The number of rotatable bonds is 13. The molecule has 2 aliphatic carbocycles. The van der Waals surface area contributed by atoms with E-state index in [-0.39, 0.29) is 44.0 Å². The molecule has 5 aromatic carbocycles. The third-order valence-corrected chi connectivity index (χ3v) is 10.1. The molecule has 276 valence electrons. The van der Waals surface area contributed by atoms with Crippen molar-refractivity contribution in [1.82, 2.24) is 10.6 Å². The number of hydrogen-bond acceptors (Lipinski definition) is 7. The maximum absolute atomic E-state index is 13.8. The summed E-state index contributed by atoms with van der Waals surface area (Å²) in [5.41, 5.74) is 9.22. The first-order valence-electron chi connectivity index (χ1n) is 18.6. The lowest BCUT2D eigenvalue weighted by molar-refractivity contribution is -0.157. The molecule has 8 heteroatoms. The zero-order valence-corrected chi connectivity index (χ0v) is 30.9. The molecule has 0 unspecified atom stereocenters. The quantitative estimate of drug-likeness (QED) is 0.0934. The zero-order chi connectivity index (χ0) is 37.7. The summed E-state index contributed by atoms with van der Waals surface area (Å²) in [5.74, 6) is -1.17. The molecule has 0 radical (unpaired) electrons. The van der Waals surface area contributed by atoms with Gasteiger partial charge in [-0.2, -0.15) is 0 Å². The molecular formula is C46H46N2O6. The standard InChI is InChI=1S/C46H46N2O6/c1-46(2,3)54-44(50)41(48-45(51)53-29-40-37-23-13-9-19-33(37)34-20-10-14-24-38(34)40)25-26-47-42(27-30-15-5-4-6-16-30)43(49)52-28-39-35-21-11-7-17-31(35)32-18-8-12-22-36(32)39/h4-24,39-42,47H,25-29H2,1-3H3,(H,48,51)/t41-,42-/m0/s1. The summed E-state index contributed by atoms with van der Waals surface area (Å²) < 4.78 is 17.5. The van der Waals surface area contributed by atoms with Gasteiger partial charge in [0.15, 0.2) is 0 Å². The van der Waals surface area contributed by atoms with E-state index in [2.05, 4.69) is 59.2 Å². The average molecular weight is 723 g/mol. The van der Waals surface area contributed by atoms with Crippen LogP contribution < -0.4 is 10.6 Å². The minimum absolute atomic E-state index is 0.0725. The smallest absolute Gasteiger partial charge is 0.407 e. The highest BCUT2D eigenvalue weighted by molar-refractivity contribution is 5.83. The lowest BCUT2D eigenvalue weighted by Crippen LogP contribution is -2.48. The molecule has 0 heterocycles. The van der Waals surface area contributed by atoms with Gasteiger partial charge in [-0.1, -0.05) is 127 Å². The number of hydrogen-bond donors (Lipinski definition) is 2. The van der Waals surface area contributed by atoms with E-state index < -0.39 is 29.7 Å². The van der Waals surface area contributed by atoms with Crippen molar-refractivity contribution in [2.75, 3.05) is 19.8 Å². The third-order valence-electron chi connectivity index (χ3n) is 10.1. The maximum Gasteiger partial charge on any atom is 0.407 e. The van der Waals surface area contributed by atoms with Crippen molar-refractivity contribution in [3.05, 3.63) is 155 Å². The van der Waals surface area contributed by atoms with E-state index in [4.69, 9.17) is 14.2 Å². The van der Waals surface area contributed by atoms with E-state index in [1.807, 2.05) is 78.9 Å². The highest BCUT2D eigenvalue weighted by atomic mass is 16.6. The van der Waals surface area contributed by atoms with E-state index in [1.54, 1.807) is 20.8 Å². The topological polar surface area (TPSA) is 103 Å². The molecular weight excluding hydrogens is 677 g/mol. The molecule has 0 saturated heterocycles. The first kappa shape index (κ1) is 36.6. The van der Waals surface area contributed by atoms with Gasteiger partial charge in [0.2, 0.25) is 0 Å². The molecule has 0 fully saturated rings. The lowest BCUT2D eigenvalue weighted by atomic mass is 9.98. The fourth-order valence-electron chi connectivity index (χ4n) is 7.60. The first-order chi connectivity index (χ1) is 26.2. The van der Waals surface area contributed by atoms with Crippen LogP contribution in [0.25, 0.3) is 22.3 Å². The van der Waals surface area contributed by atoms with Gasteiger partial charge in [-0.15, -0.1) is 0 Å². The van der Waals surface area contributed by atoms with Gasteiger partial charge in [-0.05, 0) is 90.2 Å². The van der Waals surface area contributed by atoms with Crippen LogP contribution in [0.15, 0.2) is 127 Å². The van der Waals surface area contributed by atoms with Crippen LogP contribution >= 0.6 is 0 Å². The Labute approximate surface area is 316 Å². The molecule has 0 spiro atoms. The summed E-state index contributed by atoms with van der Waals surface area (Å²) >= 11 is 0. The summed E-state index contributed by atoms with van der Waals surface area (Å²) in [5, 5.41) is 6.08. The van der Waals surface area contributed by atoms with Gasteiger partial charge < -0.3 is 24.8 Å². The summed E-state index contributed by atoms with van der Waals surface area (Å²) in [6, 6.07) is 40.7. The number of carbonyl (C=O) groups excluding carboxylic acids is 3. The number of amides is 1. The van der Waals surface area contributed by atoms with Crippen molar-refractivity contribution in [3.63, 3.8) is 0 Å². The molecule has 1 amide bonds. The predicted octanol–water partition coefficient (Wildman–Crippen LogP) is 8.18. The number of esters is 2. The largest absolute Gasteiger partial charge is 0.464 e. The van der Waals surface area contributed by atoms with E-state index in [0.717, 1.165) is 50.1 Å². The number of nitrogens with one attached hydrogen (secondary N) is 2. The van der Waals surface area contributed by atoms with Gasteiger partial charge in [0.05, 0.1) is 0 Å². The van der Waals surface area contributed by atoms with Crippen molar-refractivity contribution >= 4 is 18.0 Å². The second-order valence-electron chi connectivity index (χ2n) is 14.9. The molecule has 0 aromatic heterocycles. The van der Waals surface area contributed by atoms with Crippen LogP contribution in [0.5, 0.6) is 0 Å². The molecule has 2 N–H and O–H groups in total. The number of alkyl carbamates (subject to hydrolysis) is 1. The lowest BCUT2D eigenvalue weighted by Gasteiger charge is -2.25. The fourth-order valence-corrected chi connectivity index (χ4v) is 7.60. The molecule has 7 rings (SSSR count). The number of ether oxygens (including phenoxy) is 3. The van der Waals surface area contributed by atoms with Crippen molar-refractivity contribution in [1.29, 1.82) is 0 Å². The van der Waals surface area contributed by atoms with E-state index in [1.165, 1.54) is 0 Å². The average Bonchev–Trinajstić information content (AvgIpc) is 3.67. The summed E-state index contributed by atoms with van der Waals surface area (Å²) in [7, 11) is 0. The monoisotopic (exact) mass is 722 g/mol. The molecule has 2 aliphatic rings. The highest BCUT2D eigenvalue weighted by Gasteiger charge is 2.33. The minimum Gasteiger partial charge on any atom is -0.464 e.